The first-order valence-corrected chi connectivity index (χ1v) is 6.54. The molecule has 116 valence electrons. The number of hydrogen-bond acceptors (Lipinski definition) is 5. The molecule has 0 radical (unpaired) electrons. The number of benzene rings is 1. The van der Waals surface area contributed by atoms with Crippen LogP contribution in [0.15, 0.2) is 24.3 Å². The Balaban J connectivity index is 3.28. The fraction of sp³-hybridized carbons (Fsp3) is 0.333. The maximum atomic E-state index is 12.1. The standard InChI is InChI=1S/C15H16N2O5/c1-3-22-14(21)15(13(19)20,17-10(2)18)8-11-5-4-6-12(7-11)9-16/h4-7H,3,8H2,1-2H3,(H,17,18)(H,19,20). The Morgan fingerprint density at radius 1 is 1.41 bits per heavy atom. The molecule has 1 rings (SSSR count). The van der Waals surface area contributed by atoms with Crippen LogP contribution in [0.3, 0.4) is 0 Å². The summed E-state index contributed by atoms with van der Waals surface area (Å²) in [6.45, 7) is 2.63. The Labute approximate surface area is 127 Å². The van der Waals surface area contributed by atoms with Gasteiger partial charge in [0.25, 0.3) is 0 Å². The zero-order chi connectivity index (χ0) is 16.8. The molecule has 0 aliphatic carbocycles. The lowest BCUT2D eigenvalue weighted by Crippen LogP contribution is -2.61. The number of nitriles is 1. The van der Waals surface area contributed by atoms with Crippen LogP contribution in [0, 0.1) is 11.3 Å². The van der Waals surface area contributed by atoms with E-state index < -0.39 is 23.4 Å². The lowest BCUT2D eigenvalue weighted by atomic mass is 9.90. The van der Waals surface area contributed by atoms with E-state index >= 15 is 0 Å². The van der Waals surface area contributed by atoms with Crippen molar-refractivity contribution in [1.82, 2.24) is 5.32 Å². The number of nitrogens with zero attached hydrogens (tertiary/aromatic N) is 1. The van der Waals surface area contributed by atoms with Gasteiger partial charge < -0.3 is 15.2 Å². The number of nitrogens with one attached hydrogen (secondary N) is 1. The van der Waals surface area contributed by atoms with Gasteiger partial charge in [0.05, 0.1) is 18.2 Å². The monoisotopic (exact) mass is 304 g/mol. The lowest BCUT2D eigenvalue weighted by molar-refractivity contribution is -0.164. The van der Waals surface area contributed by atoms with Crippen LogP contribution >= 0.6 is 0 Å². The van der Waals surface area contributed by atoms with Crippen molar-refractivity contribution in [1.29, 1.82) is 5.26 Å². The van der Waals surface area contributed by atoms with Crippen LogP contribution in [-0.4, -0.2) is 35.1 Å². The predicted molar refractivity (Wildman–Crippen MR) is 75.7 cm³/mol. The van der Waals surface area contributed by atoms with Gasteiger partial charge in [0.15, 0.2) is 0 Å². The van der Waals surface area contributed by atoms with E-state index in [1.807, 2.05) is 6.07 Å². The summed E-state index contributed by atoms with van der Waals surface area (Å²) in [4.78, 5) is 35.1. The third-order valence-corrected chi connectivity index (χ3v) is 2.90. The minimum Gasteiger partial charge on any atom is -0.479 e. The highest BCUT2D eigenvalue weighted by molar-refractivity contribution is 6.07. The van der Waals surface area contributed by atoms with Gasteiger partial charge in [-0.25, -0.2) is 9.59 Å². The molecule has 0 saturated carbocycles. The first-order chi connectivity index (χ1) is 10.4. The van der Waals surface area contributed by atoms with E-state index in [2.05, 4.69) is 5.32 Å². The number of esters is 1. The molecule has 0 aliphatic heterocycles. The van der Waals surface area contributed by atoms with Crippen LogP contribution in [0.1, 0.15) is 25.0 Å². The van der Waals surface area contributed by atoms with Crippen LogP contribution in [0.4, 0.5) is 0 Å². The molecule has 1 aromatic carbocycles. The highest BCUT2D eigenvalue weighted by Gasteiger charge is 2.49. The second-order valence-corrected chi connectivity index (χ2v) is 4.60. The molecular formula is C15H16N2O5. The molecule has 0 aromatic heterocycles. The molecule has 7 nitrogen and oxygen atoms in total. The van der Waals surface area contributed by atoms with Crippen molar-refractivity contribution in [3.8, 4) is 6.07 Å². The number of carboxylic acids is 1. The second-order valence-electron chi connectivity index (χ2n) is 4.60. The molecule has 1 atom stereocenters. The van der Waals surface area contributed by atoms with Crippen molar-refractivity contribution in [2.45, 2.75) is 25.8 Å². The molecule has 1 aromatic rings. The van der Waals surface area contributed by atoms with Gasteiger partial charge in [-0.05, 0) is 24.6 Å². The summed E-state index contributed by atoms with van der Waals surface area (Å²) in [6.07, 6.45) is -0.323. The van der Waals surface area contributed by atoms with E-state index in [1.165, 1.54) is 13.0 Å². The maximum absolute atomic E-state index is 12.1. The normalized spacial score (nSPS) is 12.6. The number of ether oxygens (including phenoxy) is 1. The SMILES string of the molecule is CCOC(=O)C(Cc1cccc(C#N)c1)(NC(C)=O)C(=O)O. The zero-order valence-electron chi connectivity index (χ0n) is 12.3. The average molecular weight is 304 g/mol. The van der Waals surface area contributed by atoms with E-state index in [4.69, 9.17) is 10.00 Å². The predicted octanol–water partition coefficient (Wildman–Crippen LogP) is 0.623. The number of carbonyl (C=O) groups excluding carboxylic acids is 2. The fourth-order valence-electron chi connectivity index (χ4n) is 2.00. The Kier molecular flexibility index (Phi) is 5.64. The molecule has 1 unspecified atom stereocenters. The smallest absolute Gasteiger partial charge is 0.344 e. The Bertz CT molecular complexity index is 635. The first-order valence-electron chi connectivity index (χ1n) is 6.54. The molecule has 22 heavy (non-hydrogen) atoms. The van der Waals surface area contributed by atoms with E-state index in [1.54, 1.807) is 18.2 Å². The average Bonchev–Trinajstić information content (AvgIpc) is 2.46. The fourth-order valence-corrected chi connectivity index (χ4v) is 2.00. The molecular weight excluding hydrogens is 288 g/mol. The summed E-state index contributed by atoms with van der Waals surface area (Å²) in [5.74, 6) is -3.25. The molecule has 0 saturated heterocycles. The van der Waals surface area contributed by atoms with Gasteiger partial charge in [-0.1, -0.05) is 12.1 Å². The highest BCUT2D eigenvalue weighted by atomic mass is 16.5. The van der Waals surface area contributed by atoms with Gasteiger partial charge in [-0.3, -0.25) is 4.79 Å². The van der Waals surface area contributed by atoms with Crippen LogP contribution in [-0.2, 0) is 25.5 Å². The summed E-state index contributed by atoms with van der Waals surface area (Å²) >= 11 is 0. The molecule has 2 N–H and O–H groups in total. The number of hydrogen-bond donors (Lipinski definition) is 2. The Hall–Kier alpha value is -2.88. The van der Waals surface area contributed by atoms with Crippen LogP contribution < -0.4 is 5.32 Å². The molecule has 0 aliphatic rings. The van der Waals surface area contributed by atoms with Gasteiger partial charge in [-0.15, -0.1) is 0 Å². The maximum Gasteiger partial charge on any atom is 0.344 e. The van der Waals surface area contributed by atoms with Crippen molar-refractivity contribution in [2.75, 3.05) is 6.61 Å². The Morgan fingerprint density at radius 3 is 2.59 bits per heavy atom. The minimum atomic E-state index is -2.23. The van der Waals surface area contributed by atoms with Crippen molar-refractivity contribution in [3.63, 3.8) is 0 Å². The molecule has 0 heterocycles. The van der Waals surface area contributed by atoms with Crippen LogP contribution in [0.5, 0.6) is 0 Å². The summed E-state index contributed by atoms with van der Waals surface area (Å²) in [5.41, 5.74) is -1.48. The van der Waals surface area contributed by atoms with Gasteiger partial charge in [0.2, 0.25) is 11.4 Å². The Morgan fingerprint density at radius 2 is 2.09 bits per heavy atom. The van der Waals surface area contributed by atoms with Crippen LogP contribution in [0.2, 0.25) is 0 Å². The topological polar surface area (TPSA) is 116 Å². The zero-order valence-corrected chi connectivity index (χ0v) is 12.3. The van der Waals surface area contributed by atoms with Gasteiger partial charge in [-0.2, -0.15) is 5.26 Å². The first kappa shape index (κ1) is 17.2. The minimum absolute atomic E-state index is 0.0221. The molecule has 0 fully saturated rings. The van der Waals surface area contributed by atoms with E-state index in [9.17, 15) is 19.5 Å². The molecule has 7 heteroatoms. The molecule has 0 bridgehead atoms. The second kappa shape index (κ2) is 7.22. The summed E-state index contributed by atoms with van der Waals surface area (Å²) < 4.78 is 4.80. The lowest BCUT2D eigenvalue weighted by Gasteiger charge is -2.27. The number of rotatable bonds is 6. The quantitative estimate of drug-likeness (QED) is 0.588. The van der Waals surface area contributed by atoms with Crippen LogP contribution in [0.25, 0.3) is 0 Å². The van der Waals surface area contributed by atoms with Crippen molar-refractivity contribution < 1.29 is 24.2 Å². The third-order valence-electron chi connectivity index (χ3n) is 2.90. The molecule has 1 amide bonds. The number of amides is 1. The third kappa shape index (κ3) is 3.82. The summed E-state index contributed by atoms with van der Waals surface area (Å²) in [7, 11) is 0. The summed E-state index contributed by atoms with van der Waals surface area (Å²) in [6, 6.07) is 8.07. The van der Waals surface area contributed by atoms with Crippen molar-refractivity contribution in [3.05, 3.63) is 35.4 Å². The van der Waals surface area contributed by atoms with Gasteiger partial charge in [0.1, 0.15) is 0 Å². The summed E-state index contributed by atoms with van der Waals surface area (Å²) in [5, 5.41) is 20.5. The number of aliphatic carboxylic acids is 1. The number of carboxylic acid groups (broad SMARTS) is 1. The van der Waals surface area contributed by atoms with Crippen molar-refractivity contribution in [2.24, 2.45) is 0 Å². The van der Waals surface area contributed by atoms with Gasteiger partial charge >= 0.3 is 11.9 Å². The van der Waals surface area contributed by atoms with Gasteiger partial charge in [0, 0.05) is 13.3 Å². The largest absolute Gasteiger partial charge is 0.479 e. The van der Waals surface area contributed by atoms with E-state index in [0.717, 1.165) is 6.92 Å². The van der Waals surface area contributed by atoms with E-state index in [-0.39, 0.29) is 13.0 Å². The van der Waals surface area contributed by atoms with Crippen molar-refractivity contribution >= 4 is 17.8 Å². The molecule has 0 spiro atoms. The number of carbonyl (C=O) groups is 3. The van der Waals surface area contributed by atoms with E-state index in [0.29, 0.717) is 11.1 Å². The highest BCUT2D eigenvalue weighted by Crippen LogP contribution is 2.18.